The number of hydrogen-bond acceptors (Lipinski definition) is 6. The van der Waals surface area contributed by atoms with Crippen LogP contribution in [0.4, 0.5) is 25.8 Å². The zero-order valence-corrected chi connectivity index (χ0v) is 19.2. The molecule has 1 heterocycles. The first kappa shape index (κ1) is 24.6. The maximum atomic E-state index is 13.5. The Hall–Kier alpha value is -4.56. The Balaban J connectivity index is 1.72. The molecule has 0 saturated carbocycles. The SMILES string of the molecule is N#C/C(C(=O)Nc1ccc(F)cc1)=C1\S[C@@H](Cc2cccc([N+](=O)[O-])c2)C(=O)N1c1ccc(F)cc1. The molecule has 8 nitrogen and oxygen atoms in total. The average Bonchev–Trinajstić information content (AvgIpc) is 3.17. The number of halogens is 2. The first-order chi connectivity index (χ1) is 17.3. The van der Waals surface area contributed by atoms with Crippen LogP contribution >= 0.6 is 11.8 Å². The Morgan fingerprint density at radius 3 is 2.33 bits per heavy atom. The second kappa shape index (κ2) is 10.4. The van der Waals surface area contributed by atoms with Gasteiger partial charge in [-0.1, -0.05) is 23.9 Å². The first-order valence-corrected chi connectivity index (χ1v) is 11.4. The summed E-state index contributed by atoms with van der Waals surface area (Å²) < 4.78 is 26.8. The minimum atomic E-state index is -0.817. The smallest absolute Gasteiger partial charge is 0.269 e. The van der Waals surface area contributed by atoms with Gasteiger partial charge in [0.2, 0.25) is 5.91 Å². The van der Waals surface area contributed by atoms with Crippen molar-refractivity contribution in [3.8, 4) is 6.07 Å². The topological polar surface area (TPSA) is 116 Å². The molecule has 1 fully saturated rings. The predicted octanol–water partition coefficient (Wildman–Crippen LogP) is 4.94. The van der Waals surface area contributed by atoms with E-state index in [-0.39, 0.29) is 34.1 Å². The molecule has 0 aromatic heterocycles. The molecule has 3 aromatic rings. The van der Waals surface area contributed by atoms with Gasteiger partial charge in [0.1, 0.15) is 28.3 Å². The molecular weight excluding hydrogens is 490 g/mol. The summed E-state index contributed by atoms with van der Waals surface area (Å²) in [6, 6.07) is 17.6. The van der Waals surface area contributed by atoms with Crippen molar-refractivity contribution in [3.63, 3.8) is 0 Å². The molecule has 36 heavy (non-hydrogen) atoms. The number of nitrogens with zero attached hydrogens (tertiary/aromatic N) is 3. The third-order valence-corrected chi connectivity index (χ3v) is 6.50. The van der Waals surface area contributed by atoms with Crippen LogP contribution in [0.15, 0.2) is 83.4 Å². The average molecular weight is 506 g/mol. The molecule has 1 saturated heterocycles. The van der Waals surface area contributed by atoms with Crippen LogP contribution in [-0.4, -0.2) is 22.0 Å². The lowest BCUT2D eigenvalue weighted by Gasteiger charge is -2.18. The van der Waals surface area contributed by atoms with Gasteiger partial charge in [-0.05, 0) is 60.5 Å². The zero-order chi connectivity index (χ0) is 25.8. The van der Waals surface area contributed by atoms with Gasteiger partial charge in [-0.15, -0.1) is 0 Å². The van der Waals surface area contributed by atoms with Gasteiger partial charge >= 0.3 is 0 Å². The molecule has 0 aliphatic carbocycles. The largest absolute Gasteiger partial charge is 0.321 e. The van der Waals surface area contributed by atoms with Gasteiger partial charge < -0.3 is 5.32 Å². The number of nitrogens with one attached hydrogen (secondary N) is 1. The standard InChI is InChI=1S/C25H16F2N4O4S/c26-16-4-8-18(9-5-16)29-23(32)21(14-28)25-30(19-10-6-17(27)7-11-19)24(33)22(36-25)13-15-2-1-3-20(12-15)31(34)35/h1-12,22H,13H2,(H,29,32)/b25-21+/t22-/m0/s1. The fraction of sp³-hybridized carbons (Fsp3) is 0.0800. The molecule has 3 aromatic carbocycles. The quantitative estimate of drug-likeness (QED) is 0.219. The lowest BCUT2D eigenvalue weighted by atomic mass is 10.1. The van der Waals surface area contributed by atoms with Crippen LogP contribution in [-0.2, 0) is 16.0 Å². The van der Waals surface area contributed by atoms with E-state index in [1.807, 2.05) is 6.07 Å². The normalized spacial score (nSPS) is 16.4. The highest BCUT2D eigenvalue weighted by Crippen LogP contribution is 2.42. The molecule has 1 aliphatic rings. The maximum Gasteiger partial charge on any atom is 0.269 e. The van der Waals surface area contributed by atoms with Crippen LogP contribution < -0.4 is 10.2 Å². The van der Waals surface area contributed by atoms with E-state index in [1.165, 1.54) is 42.5 Å². The highest BCUT2D eigenvalue weighted by molar-refractivity contribution is 8.05. The molecule has 1 N–H and O–H groups in total. The van der Waals surface area contributed by atoms with E-state index in [0.717, 1.165) is 40.9 Å². The number of anilines is 2. The fourth-order valence-corrected chi connectivity index (χ4v) is 4.86. The molecule has 0 spiro atoms. The number of nitriles is 1. The van der Waals surface area contributed by atoms with E-state index < -0.39 is 33.6 Å². The summed E-state index contributed by atoms with van der Waals surface area (Å²) in [7, 11) is 0. The van der Waals surface area contributed by atoms with Gasteiger partial charge in [0, 0.05) is 23.5 Å². The summed E-state index contributed by atoms with van der Waals surface area (Å²) in [4.78, 5) is 38.1. The third-order valence-electron chi connectivity index (χ3n) is 5.23. The van der Waals surface area contributed by atoms with Gasteiger partial charge in [-0.2, -0.15) is 5.26 Å². The van der Waals surface area contributed by atoms with Crippen molar-refractivity contribution in [2.75, 3.05) is 10.2 Å². The molecule has 1 aliphatic heterocycles. The Kier molecular flexibility index (Phi) is 7.07. The summed E-state index contributed by atoms with van der Waals surface area (Å²) in [5.74, 6) is -2.33. The lowest BCUT2D eigenvalue weighted by Crippen LogP contribution is -2.31. The van der Waals surface area contributed by atoms with Crippen molar-refractivity contribution in [2.45, 2.75) is 11.7 Å². The fourth-order valence-electron chi connectivity index (χ4n) is 3.55. The molecule has 4 rings (SSSR count). The lowest BCUT2D eigenvalue weighted by molar-refractivity contribution is -0.384. The van der Waals surface area contributed by atoms with Gasteiger partial charge in [0.25, 0.3) is 11.6 Å². The van der Waals surface area contributed by atoms with Crippen molar-refractivity contribution >= 4 is 40.6 Å². The molecule has 0 radical (unpaired) electrons. The minimum Gasteiger partial charge on any atom is -0.321 e. The van der Waals surface area contributed by atoms with Crippen LogP contribution in [0.2, 0.25) is 0 Å². The summed E-state index contributed by atoms with van der Waals surface area (Å²) in [6.07, 6.45) is 0.0880. The number of hydrogen-bond donors (Lipinski definition) is 1. The number of rotatable bonds is 6. The molecule has 11 heteroatoms. The molecule has 0 unspecified atom stereocenters. The number of nitro groups is 1. The third kappa shape index (κ3) is 5.24. The van der Waals surface area contributed by atoms with Crippen LogP contribution in [0.3, 0.4) is 0 Å². The minimum absolute atomic E-state index is 0.0316. The number of carbonyl (C=O) groups is 2. The molecular formula is C25H16F2N4O4S. The summed E-state index contributed by atoms with van der Waals surface area (Å²) in [5, 5.41) is 22.7. The Morgan fingerprint density at radius 1 is 1.08 bits per heavy atom. The molecule has 1 atom stereocenters. The van der Waals surface area contributed by atoms with Crippen molar-refractivity contribution in [2.24, 2.45) is 0 Å². The maximum absolute atomic E-state index is 13.5. The van der Waals surface area contributed by atoms with E-state index in [2.05, 4.69) is 5.32 Å². The van der Waals surface area contributed by atoms with Crippen LogP contribution in [0.25, 0.3) is 0 Å². The van der Waals surface area contributed by atoms with Crippen molar-refractivity contribution in [3.05, 3.63) is 111 Å². The number of benzene rings is 3. The number of carbonyl (C=O) groups excluding carboxylic acids is 2. The zero-order valence-electron chi connectivity index (χ0n) is 18.4. The van der Waals surface area contributed by atoms with E-state index >= 15 is 0 Å². The van der Waals surface area contributed by atoms with E-state index in [9.17, 15) is 33.7 Å². The van der Waals surface area contributed by atoms with Crippen LogP contribution in [0, 0.1) is 33.1 Å². The first-order valence-electron chi connectivity index (χ1n) is 10.5. The van der Waals surface area contributed by atoms with E-state index in [0.29, 0.717) is 5.56 Å². The Labute approximate surface area is 208 Å². The number of amides is 2. The summed E-state index contributed by atoms with van der Waals surface area (Å²) in [6.45, 7) is 0. The van der Waals surface area contributed by atoms with Crippen molar-refractivity contribution in [1.82, 2.24) is 0 Å². The summed E-state index contributed by atoms with van der Waals surface area (Å²) in [5.41, 5.74) is 0.497. The van der Waals surface area contributed by atoms with Crippen molar-refractivity contribution in [1.29, 1.82) is 5.26 Å². The van der Waals surface area contributed by atoms with Gasteiger partial charge in [0.05, 0.1) is 10.2 Å². The van der Waals surface area contributed by atoms with Crippen LogP contribution in [0.5, 0.6) is 0 Å². The summed E-state index contributed by atoms with van der Waals surface area (Å²) >= 11 is 0.958. The van der Waals surface area contributed by atoms with Gasteiger partial charge in [-0.3, -0.25) is 24.6 Å². The Bertz CT molecular complexity index is 1420. The number of non-ortho nitro benzene ring substituents is 1. The highest BCUT2D eigenvalue weighted by Gasteiger charge is 2.41. The molecule has 180 valence electrons. The van der Waals surface area contributed by atoms with E-state index in [4.69, 9.17) is 0 Å². The monoisotopic (exact) mass is 506 g/mol. The van der Waals surface area contributed by atoms with Gasteiger partial charge in [0.15, 0.2) is 0 Å². The number of nitro benzene ring substituents is 1. The highest BCUT2D eigenvalue weighted by atomic mass is 32.2. The van der Waals surface area contributed by atoms with Crippen molar-refractivity contribution < 1.29 is 23.3 Å². The van der Waals surface area contributed by atoms with E-state index in [1.54, 1.807) is 6.07 Å². The van der Waals surface area contributed by atoms with Gasteiger partial charge in [-0.25, -0.2) is 8.78 Å². The number of thioether (sulfide) groups is 1. The second-order valence-corrected chi connectivity index (χ2v) is 8.83. The molecule has 2 amide bonds. The predicted molar refractivity (Wildman–Crippen MR) is 130 cm³/mol. The molecule has 0 bridgehead atoms. The van der Waals surface area contributed by atoms with Crippen LogP contribution in [0.1, 0.15) is 5.56 Å². The second-order valence-electron chi connectivity index (χ2n) is 7.64. The Morgan fingerprint density at radius 2 is 1.72 bits per heavy atom.